The van der Waals surface area contributed by atoms with Gasteiger partial charge in [-0.1, -0.05) is 0 Å². The molecule has 0 unspecified atom stereocenters. The highest BCUT2D eigenvalue weighted by Crippen LogP contribution is 2.23. The first-order valence-electron chi connectivity index (χ1n) is 4.17. The monoisotopic (exact) mass is 231 g/mol. The highest BCUT2D eigenvalue weighted by Gasteiger charge is 2.08. The van der Waals surface area contributed by atoms with Crippen molar-refractivity contribution in [2.24, 2.45) is 5.14 Å². The summed E-state index contributed by atoms with van der Waals surface area (Å²) in [5.74, 6) is 0.835. The van der Waals surface area contributed by atoms with E-state index in [2.05, 4.69) is 0 Å². The van der Waals surface area contributed by atoms with Crippen LogP contribution in [0.25, 0.3) is 0 Å². The maximum Gasteiger partial charge on any atom is 0.213 e. The molecule has 84 valence electrons. The molecule has 0 bridgehead atoms. The Bertz CT molecular complexity index is 419. The van der Waals surface area contributed by atoms with Gasteiger partial charge in [-0.05, 0) is 17.7 Å². The molecule has 0 radical (unpaired) electrons. The van der Waals surface area contributed by atoms with Crippen molar-refractivity contribution in [3.63, 3.8) is 0 Å². The van der Waals surface area contributed by atoms with Crippen molar-refractivity contribution in [2.75, 3.05) is 14.2 Å². The molecule has 0 aliphatic carbocycles. The number of ether oxygens (including phenoxy) is 2. The SMILES string of the molecule is COc1cc(CS(N)(=O)=O)cc(OC)c1. The largest absolute Gasteiger partial charge is 0.497 e. The van der Waals surface area contributed by atoms with Gasteiger partial charge in [-0.15, -0.1) is 0 Å². The Labute approximate surface area is 88.9 Å². The predicted molar refractivity (Wildman–Crippen MR) is 56.4 cm³/mol. The lowest BCUT2D eigenvalue weighted by Crippen LogP contribution is -2.14. The van der Waals surface area contributed by atoms with Crippen LogP contribution in [-0.4, -0.2) is 22.6 Å². The average Bonchev–Trinajstić information content (AvgIpc) is 2.14. The molecule has 0 heterocycles. The number of primary sulfonamides is 1. The molecule has 1 aromatic rings. The summed E-state index contributed by atoms with van der Waals surface area (Å²) in [5, 5.41) is 4.94. The van der Waals surface area contributed by atoms with Gasteiger partial charge in [0.2, 0.25) is 10.0 Å². The Hall–Kier alpha value is -1.27. The van der Waals surface area contributed by atoms with E-state index in [0.717, 1.165) is 0 Å². The second kappa shape index (κ2) is 4.50. The molecular formula is C9H13NO4S. The standard InChI is InChI=1S/C9H13NO4S/c1-13-8-3-7(6-15(10,11)12)4-9(5-8)14-2/h3-5H,6H2,1-2H3,(H2,10,11,12). The fourth-order valence-electron chi connectivity index (χ4n) is 1.18. The molecular weight excluding hydrogens is 218 g/mol. The van der Waals surface area contributed by atoms with Crippen LogP contribution in [-0.2, 0) is 15.8 Å². The summed E-state index contributed by atoms with van der Waals surface area (Å²) in [7, 11) is -0.547. The van der Waals surface area contributed by atoms with Gasteiger partial charge in [-0.3, -0.25) is 0 Å². The topological polar surface area (TPSA) is 78.6 Å². The van der Waals surface area contributed by atoms with Crippen molar-refractivity contribution in [3.8, 4) is 11.5 Å². The molecule has 0 saturated carbocycles. The van der Waals surface area contributed by atoms with E-state index in [1.54, 1.807) is 18.2 Å². The first-order valence-corrected chi connectivity index (χ1v) is 5.88. The number of hydrogen-bond acceptors (Lipinski definition) is 4. The fourth-order valence-corrected chi connectivity index (χ4v) is 1.81. The van der Waals surface area contributed by atoms with Gasteiger partial charge in [0, 0.05) is 6.07 Å². The molecule has 1 aromatic carbocycles. The van der Waals surface area contributed by atoms with E-state index >= 15 is 0 Å². The molecule has 0 atom stereocenters. The molecule has 0 amide bonds. The second-order valence-corrected chi connectivity index (χ2v) is 4.64. The van der Waals surface area contributed by atoms with E-state index < -0.39 is 10.0 Å². The quantitative estimate of drug-likeness (QED) is 0.818. The molecule has 0 aromatic heterocycles. The van der Waals surface area contributed by atoms with Crippen LogP contribution < -0.4 is 14.6 Å². The number of sulfonamides is 1. The molecule has 0 aliphatic rings. The van der Waals surface area contributed by atoms with Gasteiger partial charge in [-0.2, -0.15) is 0 Å². The van der Waals surface area contributed by atoms with Crippen molar-refractivity contribution in [1.29, 1.82) is 0 Å². The molecule has 2 N–H and O–H groups in total. The van der Waals surface area contributed by atoms with Gasteiger partial charge in [0.05, 0.1) is 20.0 Å². The van der Waals surface area contributed by atoms with Crippen LogP contribution in [0.4, 0.5) is 0 Å². The summed E-state index contributed by atoms with van der Waals surface area (Å²) in [6.45, 7) is 0. The molecule has 6 heteroatoms. The zero-order valence-corrected chi connectivity index (χ0v) is 9.37. The van der Waals surface area contributed by atoms with Gasteiger partial charge in [0.25, 0.3) is 0 Å². The summed E-state index contributed by atoms with van der Waals surface area (Å²) in [6, 6.07) is 4.87. The van der Waals surface area contributed by atoms with Crippen LogP contribution >= 0.6 is 0 Å². The Kier molecular flexibility index (Phi) is 3.54. The Balaban J connectivity index is 3.07. The first-order chi connectivity index (χ1) is 6.94. The Morgan fingerprint density at radius 1 is 1.13 bits per heavy atom. The molecule has 1 rings (SSSR count). The number of nitrogens with two attached hydrogens (primary N) is 1. The van der Waals surface area contributed by atoms with E-state index in [1.165, 1.54) is 14.2 Å². The van der Waals surface area contributed by atoms with Crippen LogP contribution in [0.2, 0.25) is 0 Å². The first kappa shape index (κ1) is 11.8. The zero-order chi connectivity index (χ0) is 11.5. The lowest BCUT2D eigenvalue weighted by molar-refractivity contribution is 0.393. The van der Waals surface area contributed by atoms with E-state index in [0.29, 0.717) is 17.1 Å². The minimum absolute atomic E-state index is 0.236. The highest BCUT2D eigenvalue weighted by molar-refractivity contribution is 7.88. The molecule has 5 nitrogen and oxygen atoms in total. The highest BCUT2D eigenvalue weighted by atomic mass is 32.2. The predicted octanol–water partition coefficient (Wildman–Crippen LogP) is 0.492. The van der Waals surface area contributed by atoms with Crippen LogP contribution in [0.15, 0.2) is 18.2 Å². The van der Waals surface area contributed by atoms with Crippen LogP contribution in [0, 0.1) is 0 Å². The van der Waals surface area contributed by atoms with Gasteiger partial charge >= 0.3 is 0 Å². The summed E-state index contributed by atoms with van der Waals surface area (Å²) >= 11 is 0. The summed E-state index contributed by atoms with van der Waals surface area (Å²) in [6.07, 6.45) is 0. The van der Waals surface area contributed by atoms with Crippen LogP contribution in [0.5, 0.6) is 11.5 Å². The van der Waals surface area contributed by atoms with Crippen LogP contribution in [0.3, 0.4) is 0 Å². The van der Waals surface area contributed by atoms with E-state index in [9.17, 15) is 8.42 Å². The lowest BCUT2D eigenvalue weighted by atomic mass is 10.2. The molecule has 0 fully saturated rings. The molecule has 0 saturated heterocycles. The maximum absolute atomic E-state index is 10.9. The number of rotatable bonds is 4. The Morgan fingerprint density at radius 3 is 1.93 bits per heavy atom. The van der Waals surface area contributed by atoms with Crippen LogP contribution in [0.1, 0.15) is 5.56 Å². The summed E-state index contributed by atoms with van der Waals surface area (Å²) < 4.78 is 31.8. The lowest BCUT2D eigenvalue weighted by Gasteiger charge is -2.07. The second-order valence-electron chi connectivity index (χ2n) is 3.03. The third-order valence-electron chi connectivity index (χ3n) is 1.78. The van der Waals surface area contributed by atoms with Crippen molar-refractivity contribution >= 4 is 10.0 Å². The molecule has 0 spiro atoms. The number of methoxy groups -OCH3 is 2. The zero-order valence-electron chi connectivity index (χ0n) is 8.56. The van der Waals surface area contributed by atoms with E-state index in [1.807, 2.05) is 0 Å². The van der Waals surface area contributed by atoms with Gasteiger partial charge < -0.3 is 9.47 Å². The minimum atomic E-state index is -3.54. The molecule has 0 aliphatic heterocycles. The average molecular weight is 231 g/mol. The van der Waals surface area contributed by atoms with Crippen molar-refractivity contribution in [3.05, 3.63) is 23.8 Å². The Morgan fingerprint density at radius 2 is 1.60 bits per heavy atom. The van der Waals surface area contributed by atoms with E-state index in [-0.39, 0.29) is 5.75 Å². The summed E-state index contributed by atoms with van der Waals surface area (Å²) in [4.78, 5) is 0. The summed E-state index contributed by atoms with van der Waals surface area (Å²) in [5.41, 5.74) is 0.536. The smallest absolute Gasteiger partial charge is 0.213 e. The third-order valence-corrected chi connectivity index (χ3v) is 2.51. The van der Waals surface area contributed by atoms with Crippen molar-refractivity contribution in [2.45, 2.75) is 5.75 Å². The van der Waals surface area contributed by atoms with E-state index in [4.69, 9.17) is 14.6 Å². The van der Waals surface area contributed by atoms with Gasteiger partial charge in [-0.25, -0.2) is 13.6 Å². The van der Waals surface area contributed by atoms with Crippen molar-refractivity contribution < 1.29 is 17.9 Å². The van der Waals surface area contributed by atoms with Gasteiger partial charge in [0.1, 0.15) is 11.5 Å². The normalized spacial score (nSPS) is 11.1. The maximum atomic E-state index is 10.9. The third kappa shape index (κ3) is 3.77. The fraction of sp³-hybridized carbons (Fsp3) is 0.333. The number of hydrogen-bond donors (Lipinski definition) is 1. The van der Waals surface area contributed by atoms with Gasteiger partial charge in [0.15, 0.2) is 0 Å². The number of benzene rings is 1. The molecule has 15 heavy (non-hydrogen) atoms. The minimum Gasteiger partial charge on any atom is -0.497 e. The van der Waals surface area contributed by atoms with Crippen molar-refractivity contribution in [1.82, 2.24) is 0 Å².